The number of nitrogens with one attached hydrogen (secondary N) is 1. The summed E-state index contributed by atoms with van der Waals surface area (Å²) < 4.78 is 29.2. The van der Waals surface area contributed by atoms with Gasteiger partial charge >= 0.3 is 5.97 Å². The van der Waals surface area contributed by atoms with Gasteiger partial charge in [-0.05, 0) is 24.3 Å². The summed E-state index contributed by atoms with van der Waals surface area (Å²) in [7, 11) is -2.51. The quantitative estimate of drug-likeness (QED) is 0.615. The molecule has 0 aromatic heterocycles. The molecule has 0 heterocycles. The molecule has 0 saturated heterocycles. The maximum atomic E-state index is 12.1. The number of rotatable bonds is 6. The average Bonchev–Trinajstić information content (AvgIpc) is 2.55. The second-order valence-corrected chi connectivity index (χ2v) is 6.06. The Hall–Kier alpha value is -2.87. The summed E-state index contributed by atoms with van der Waals surface area (Å²) in [5.41, 5.74) is -0.111. The van der Waals surface area contributed by atoms with E-state index in [0.717, 1.165) is 0 Å². The average molecular weight is 334 g/mol. The Labute approximate surface area is 133 Å². The van der Waals surface area contributed by atoms with Gasteiger partial charge in [0.25, 0.3) is 10.0 Å². The fourth-order valence-electron chi connectivity index (χ4n) is 1.75. The zero-order valence-corrected chi connectivity index (χ0v) is 12.9. The number of methoxy groups -OCH3 is 1. The summed E-state index contributed by atoms with van der Waals surface area (Å²) in [6, 6.07) is 13.6. The summed E-state index contributed by atoms with van der Waals surface area (Å²) >= 11 is 0. The van der Waals surface area contributed by atoms with Crippen LogP contribution in [0.15, 0.2) is 64.6 Å². The minimum atomic E-state index is -3.98. The maximum absolute atomic E-state index is 12.1. The van der Waals surface area contributed by atoms with Gasteiger partial charge in [0.15, 0.2) is 5.71 Å². The molecule has 120 valence electrons. The molecule has 0 radical (unpaired) electrons. The molecule has 0 spiro atoms. The monoisotopic (exact) mass is 334 g/mol. The number of hydrogen-bond acceptors (Lipinski definition) is 5. The Morgan fingerprint density at radius 2 is 1.70 bits per heavy atom. The van der Waals surface area contributed by atoms with Gasteiger partial charge in [0.1, 0.15) is 5.75 Å². The predicted octanol–water partition coefficient (Wildman–Crippen LogP) is 1.46. The number of carboxylic acids is 1. The van der Waals surface area contributed by atoms with E-state index in [1.54, 1.807) is 18.2 Å². The fraction of sp³-hybridized carbons (Fsp3) is 0.0667. The van der Waals surface area contributed by atoms with Crippen molar-refractivity contribution in [3.8, 4) is 5.75 Å². The lowest BCUT2D eigenvalue weighted by Gasteiger charge is -2.06. The van der Waals surface area contributed by atoms with E-state index in [9.17, 15) is 18.3 Å². The lowest BCUT2D eigenvalue weighted by Crippen LogP contribution is -2.24. The molecular weight excluding hydrogens is 320 g/mol. The highest BCUT2D eigenvalue weighted by molar-refractivity contribution is 7.89. The molecule has 0 unspecified atom stereocenters. The topological polar surface area (TPSA) is 105 Å². The van der Waals surface area contributed by atoms with Gasteiger partial charge in [0, 0.05) is 5.56 Å². The van der Waals surface area contributed by atoms with Gasteiger partial charge in [-0.1, -0.05) is 30.3 Å². The molecule has 2 aromatic rings. The molecule has 2 rings (SSSR count). The standard InChI is InChI=1S/C15H14N2O5S/c1-22-12-7-9-13(10-8-12)23(20,21)17-16-14(15(18)19)11-5-3-2-4-6-11/h2-10,17H,1H3,(H,18,19)/b16-14-. The van der Waals surface area contributed by atoms with Crippen LogP contribution in [-0.4, -0.2) is 32.3 Å². The van der Waals surface area contributed by atoms with Crippen LogP contribution in [0.4, 0.5) is 0 Å². The van der Waals surface area contributed by atoms with E-state index in [1.807, 2.05) is 4.83 Å². The van der Waals surface area contributed by atoms with Crippen molar-refractivity contribution in [1.82, 2.24) is 4.83 Å². The van der Waals surface area contributed by atoms with Gasteiger partial charge < -0.3 is 9.84 Å². The third-order valence-electron chi connectivity index (χ3n) is 2.90. The first kappa shape index (κ1) is 16.5. The molecule has 0 atom stereocenters. The van der Waals surface area contributed by atoms with Crippen LogP contribution in [0.25, 0.3) is 0 Å². The molecule has 0 aliphatic heterocycles. The SMILES string of the molecule is COc1ccc(S(=O)(=O)N/N=C(\C(=O)O)c2ccccc2)cc1. The molecule has 0 bridgehead atoms. The van der Waals surface area contributed by atoms with Crippen LogP contribution < -0.4 is 9.57 Å². The third kappa shape index (κ3) is 4.07. The van der Waals surface area contributed by atoms with Gasteiger partial charge in [-0.2, -0.15) is 18.4 Å². The van der Waals surface area contributed by atoms with E-state index in [4.69, 9.17) is 4.74 Å². The number of sulfonamides is 1. The Morgan fingerprint density at radius 1 is 1.09 bits per heavy atom. The number of benzene rings is 2. The van der Waals surface area contributed by atoms with Crippen LogP contribution in [0.2, 0.25) is 0 Å². The number of ether oxygens (including phenoxy) is 1. The minimum absolute atomic E-state index is 0.0557. The minimum Gasteiger partial charge on any atom is -0.497 e. The molecule has 7 nitrogen and oxygen atoms in total. The normalized spacial score (nSPS) is 11.8. The first-order valence-electron chi connectivity index (χ1n) is 6.46. The Balaban J connectivity index is 2.29. The van der Waals surface area contributed by atoms with Crippen LogP contribution in [0.3, 0.4) is 0 Å². The van der Waals surface area contributed by atoms with E-state index in [0.29, 0.717) is 5.75 Å². The number of nitrogens with zero attached hydrogens (tertiary/aromatic N) is 1. The van der Waals surface area contributed by atoms with Crippen molar-refractivity contribution in [3.05, 3.63) is 60.2 Å². The lowest BCUT2D eigenvalue weighted by atomic mass is 10.1. The Morgan fingerprint density at radius 3 is 2.22 bits per heavy atom. The Bertz CT molecular complexity index is 815. The Kier molecular flexibility index (Phi) is 4.97. The van der Waals surface area contributed by atoms with Crippen molar-refractivity contribution in [2.45, 2.75) is 4.90 Å². The van der Waals surface area contributed by atoms with E-state index >= 15 is 0 Å². The number of carboxylic acid groups (broad SMARTS) is 1. The summed E-state index contributed by atoms with van der Waals surface area (Å²) in [6.45, 7) is 0. The molecule has 2 N–H and O–H groups in total. The molecule has 0 aliphatic carbocycles. The largest absolute Gasteiger partial charge is 0.497 e. The maximum Gasteiger partial charge on any atom is 0.356 e. The van der Waals surface area contributed by atoms with Crippen LogP contribution in [0, 0.1) is 0 Å². The highest BCUT2D eigenvalue weighted by Gasteiger charge is 2.17. The van der Waals surface area contributed by atoms with E-state index < -0.39 is 21.7 Å². The lowest BCUT2D eigenvalue weighted by molar-refractivity contribution is -0.129. The van der Waals surface area contributed by atoms with Crippen LogP contribution in [-0.2, 0) is 14.8 Å². The van der Waals surface area contributed by atoms with Crippen molar-refractivity contribution in [2.24, 2.45) is 5.10 Å². The van der Waals surface area contributed by atoms with Crippen molar-refractivity contribution in [1.29, 1.82) is 0 Å². The van der Waals surface area contributed by atoms with Gasteiger partial charge in [-0.25, -0.2) is 4.79 Å². The number of carbonyl (C=O) groups is 1. The molecule has 23 heavy (non-hydrogen) atoms. The first-order valence-corrected chi connectivity index (χ1v) is 7.94. The number of hydrogen-bond donors (Lipinski definition) is 2. The number of hydrazone groups is 1. The van der Waals surface area contributed by atoms with Crippen LogP contribution in [0.1, 0.15) is 5.56 Å². The molecular formula is C15H14N2O5S. The predicted molar refractivity (Wildman–Crippen MR) is 83.9 cm³/mol. The van der Waals surface area contributed by atoms with Gasteiger partial charge in [0.2, 0.25) is 0 Å². The van der Waals surface area contributed by atoms with E-state index in [1.165, 1.54) is 43.5 Å². The molecule has 0 amide bonds. The molecule has 2 aromatic carbocycles. The third-order valence-corrected chi connectivity index (χ3v) is 4.12. The van der Waals surface area contributed by atoms with Gasteiger partial charge in [0.05, 0.1) is 12.0 Å². The summed E-state index contributed by atoms with van der Waals surface area (Å²) in [5.74, 6) is -0.836. The molecule has 8 heteroatoms. The van der Waals surface area contributed by atoms with Gasteiger partial charge in [-0.15, -0.1) is 0 Å². The van der Waals surface area contributed by atoms with Crippen molar-refractivity contribution < 1.29 is 23.1 Å². The highest BCUT2D eigenvalue weighted by atomic mass is 32.2. The van der Waals surface area contributed by atoms with E-state index in [-0.39, 0.29) is 10.5 Å². The number of aliphatic carboxylic acids is 1. The van der Waals surface area contributed by atoms with E-state index in [2.05, 4.69) is 5.10 Å². The zero-order chi connectivity index (χ0) is 16.9. The van der Waals surface area contributed by atoms with Gasteiger partial charge in [-0.3, -0.25) is 0 Å². The van der Waals surface area contributed by atoms with Crippen LogP contribution >= 0.6 is 0 Å². The zero-order valence-electron chi connectivity index (χ0n) is 12.1. The first-order chi connectivity index (χ1) is 10.9. The second kappa shape index (κ2) is 6.93. The second-order valence-electron chi connectivity index (χ2n) is 4.40. The summed E-state index contributed by atoms with van der Waals surface area (Å²) in [4.78, 5) is 13.1. The fourth-order valence-corrected chi connectivity index (χ4v) is 2.56. The van der Waals surface area contributed by atoms with Crippen molar-refractivity contribution in [2.75, 3.05) is 7.11 Å². The molecule has 0 saturated carbocycles. The summed E-state index contributed by atoms with van der Waals surface area (Å²) in [6.07, 6.45) is 0. The van der Waals surface area contributed by atoms with Crippen LogP contribution in [0.5, 0.6) is 5.75 Å². The molecule has 0 aliphatic rings. The highest BCUT2D eigenvalue weighted by Crippen LogP contribution is 2.15. The van der Waals surface area contributed by atoms with Crippen molar-refractivity contribution >= 4 is 21.7 Å². The van der Waals surface area contributed by atoms with Crippen molar-refractivity contribution in [3.63, 3.8) is 0 Å². The smallest absolute Gasteiger partial charge is 0.356 e. The molecule has 0 fully saturated rings. The summed E-state index contributed by atoms with van der Waals surface area (Å²) in [5, 5.41) is 12.7.